The monoisotopic (exact) mass is 374 g/mol. The summed E-state index contributed by atoms with van der Waals surface area (Å²) in [4.78, 5) is 14.0. The Bertz CT molecular complexity index is 990. The number of hydrogen-bond acceptors (Lipinski definition) is 3. The van der Waals surface area contributed by atoms with Crippen LogP contribution in [0.25, 0.3) is 16.9 Å². The first-order valence-electron chi connectivity index (χ1n) is 9.77. The number of likely N-dealkylation sites (tertiary alicyclic amines) is 1. The molecule has 5 heteroatoms. The molecule has 28 heavy (non-hydrogen) atoms. The maximum atomic E-state index is 11.8. The van der Waals surface area contributed by atoms with Gasteiger partial charge in [-0.05, 0) is 51.4 Å². The lowest BCUT2D eigenvalue weighted by Gasteiger charge is -2.21. The molecule has 2 aromatic carbocycles. The van der Waals surface area contributed by atoms with E-state index in [1.54, 1.807) is 0 Å². The van der Waals surface area contributed by atoms with Crippen molar-refractivity contribution in [1.82, 2.24) is 14.7 Å². The molecule has 1 aliphatic rings. The molecule has 2 N–H and O–H groups in total. The van der Waals surface area contributed by atoms with Crippen LogP contribution in [0.2, 0.25) is 0 Å². The Morgan fingerprint density at radius 3 is 2.64 bits per heavy atom. The molecule has 5 nitrogen and oxygen atoms in total. The molecule has 0 radical (unpaired) electrons. The highest BCUT2D eigenvalue weighted by Gasteiger charge is 2.30. The molecule has 144 valence electrons. The van der Waals surface area contributed by atoms with Gasteiger partial charge in [0.15, 0.2) is 0 Å². The predicted octanol–water partition coefficient (Wildman–Crippen LogP) is 3.61. The van der Waals surface area contributed by atoms with Crippen LogP contribution < -0.4 is 5.73 Å². The molecule has 1 aliphatic heterocycles. The summed E-state index contributed by atoms with van der Waals surface area (Å²) in [5.41, 5.74) is 12.2. The second-order valence-electron chi connectivity index (χ2n) is 7.68. The average molecular weight is 374 g/mol. The van der Waals surface area contributed by atoms with Gasteiger partial charge in [0.05, 0.1) is 17.4 Å². The first-order valence-corrected chi connectivity index (χ1v) is 9.77. The maximum Gasteiger partial charge on any atom is 0.234 e. The number of hydrogen-bond donors (Lipinski definition) is 1. The number of carbonyl (C=O) groups is 1. The Kier molecular flexibility index (Phi) is 5.01. The highest BCUT2D eigenvalue weighted by atomic mass is 16.1. The molecule has 0 saturated carbocycles. The minimum atomic E-state index is -0.236. The molecule has 2 heterocycles. The number of benzene rings is 2. The zero-order valence-electron chi connectivity index (χ0n) is 16.4. The van der Waals surface area contributed by atoms with Crippen molar-refractivity contribution in [3.63, 3.8) is 0 Å². The van der Waals surface area contributed by atoms with Crippen LogP contribution in [0.3, 0.4) is 0 Å². The molecule has 1 amide bonds. The Morgan fingerprint density at radius 1 is 1.14 bits per heavy atom. The maximum absolute atomic E-state index is 11.8. The van der Waals surface area contributed by atoms with E-state index in [-0.39, 0.29) is 11.9 Å². The summed E-state index contributed by atoms with van der Waals surface area (Å²) in [7, 11) is 0. The molecular formula is C23H26N4O. The molecule has 1 fully saturated rings. The smallest absolute Gasteiger partial charge is 0.234 e. The predicted molar refractivity (Wildman–Crippen MR) is 111 cm³/mol. The van der Waals surface area contributed by atoms with Crippen LogP contribution in [-0.4, -0.2) is 33.2 Å². The van der Waals surface area contributed by atoms with E-state index >= 15 is 0 Å². The van der Waals surface area contributed by atoms with Gasteiger partial charge in [-0.1, -0.05) is 41.5 Å². The normalized spacial score (nSPS) is 17.1. The quantitative estimate of drug-likeness (QED) is 0.742. The number of aryl methyl sites for hydroxylation is 2. The molecule has 0 unspecified atom stereocenters. The number of rotatable bonds is 5. The SMILES string of the molecule is Cc1ccc(-n2cc(CN3CCC[C@H]3C(N)=O)c(-c3cccc(C)c3)n2)cc1. The van der Waals surface area contributed by atoms with Gasteiger partial charge in [-0.3, -0.25) is 9.69 Å². The van der Waals surface area contributed by atoms with Crippen LogP contribution in [-0.2, 0) is 11.3 Å². The second kappa shape index (κ2) is 7.60. The zero-order valence-corrected chi connectivity index (χ0v) is 16.4. The van der Waals surface area contributed by atoms with Crippen molar-refractivity contribution in [2.24, 2.45) is 5.73 Å². The Balaban J connectivity index is 1.74. The highest BCUT2D eigenvalue weighted by molar-refractivity contribution is 5.80. The number of amides is 1. The van der Waals surface area contributed by atoms with Crippen molar-refractivity contribution >= 4 is 5.91 Å². The third kappa shape index (κ3) is 3.71. The topological polar surface area (TPSA) is 64.2 Å². The van der Waals surface area contributed by atoms with Crippen molar-refractivity contribution < 1.29 is 4.79 Å². The molecule has 0 bridgehead atoms. The van der Waals surface area contributed by atoms with E-state index in [1.165, 1.54) is 11.1 Å². The number of nitrogens with two attached hydrogens (primary N) is 1. The largest absolute Gasteiger partial charge is 0.368 e. The van der Waals surface area contributed by atoms with Gasteiger partial charge in [0.1, 0.15) is 0 Å². The molecule has 1 aromatic heterocycles. The number of nitrogens with zero attached hydrogens (tertiary/aromatic N) is 3. The van der Waals surface area contributed by atoms with Crippen LogP contribution in [0, 0.1) is 13.8 Å². The van der Waals surface area contributed by atoms with Crippen LogP contribution in [0.1, 0.15) is 29.5 Å². The van der Waals surface area contributed by atoms with Crippen LogP contribution >= 0.6 is 0 Å². The van der Waals surface area contributed by atoms with E-state index in [1.807, 2.05) is 4.68 Å². The van der Waals surface area contributed by atoms with Crippen LogP contribution in [0.4, 0.5) is 0 Å². The van der Waals surface area contributed by atoms with Gasteiger partial charge in [0.2, 0.25) is 5.91 Å². The van der Waals surface area contributed by atoms with E-state index < -0.39 is 0 Å². The van der Waals surface area contributed by atoms with Gasteiger partial charge in [-0.25, -0.2) is 4.68 Å². The highest BCUT2D eigenvalue weighted by Crippen LogP contribution is 2.28. The Labute approximate surface area is 165 Å². The lowest BCUT2D eigenvalue weighted by molar-refractivity contribution is -0.122. The minimum absolute atomic E-state index is 0.187. The van der Waals surface area contributed by atoms with Crippen molar-refractivity contribution in [2.45, 2.75) is 39.3 Å². The van der Waals surface area contributed by atoms with Crippen molar-refractivity contribution in [3.05, 3.63) is 71.4 Å². The summed E-state index contributed by atoms with van der Waals surface area (Å²) in [5.74, 6) is -0.236. The first kappa shape index (κ1) is 18.4. The summed E-state index contributed by atoms with van der Waals surface area (Å²) < 4.78 is 1.93. The lowest BCUT2D eigenvalue weighted by atomic mass is 10.1. The van der Waals surface area contributed by atoms with E-state index in [0.717, 1.165) is 41.9 Å². The van der Waals surface area contributed by atoms with Gasteiger partial charge in [-0.15, -0.1) is 0 Å². The van der Waals surface area contributed by atoms with Gasteiger partial charge in [0, 0.05) is 23.9 Å². The third-order valence-corrected chi connectivity index (χ3v) is 5.45. The first-order chi connectivity index (χ1) is 13.5. The molecule has 4 rings (SSSR count). The van der Waals surface area contributed by atoms with Gasteiger partial charge < -0.3 is 5.73 Å². The molecular weight excluding hydrogens is 348 g/mol. The molecule has 1 saturated heterocycles. The summed E-state index contributed by atoms with van der Waals surface area (Å²) >= 11 is 0. The van der Waals surface area contributed by atoms with Gasteiger partial charge >= 0.3 is 0 Å². The van der Waals surface area contributed by atoms with E-state index in [4.69, 9.17) is 10.8 Å². The molecule has 0 aliphatic carbocycles. The van der Waals surface area contributed by atoms with Crippen molar-refractivity contribution in [2.75, 3.05) is 6.54 Å². The van der Waals surface area contributed by atoms with Crippen LogP contribution in [0.5, 0.6) is 0 Å². The molecule has 1 atom stereocenters. The summed E-state index contributed by atoms with van der Waals surface area (Å²) in [5, 5.41) is 4.91. The fourth-order valence-corrected chi connectivity index (χ4v) is 3.95. The summed E-state index contributed by atoms with van der Waals surface area (Å²) in [6, 6.07) is 16.5. The number of primary amides is 1. The van der Waals surface area contributed by atoms with Crippen molar-refractivity contribution in [1.29, 1.82) is 0 Å². The summed E-state index contributed by atoms with van der Waals surface area (Å²) in [6.07, 6.45) is 3.92. The zero-order chi connectivity index (χ0) is 19.7. The fraction of sp³-hybridized carbons (Fsp3) is 0.304. The van der Waals surface area contributed by atoms with E-state index in [9.17, 15) is 4.79 Å². The average Bonchev–Trinajstić information content (AvgIpc) is 3.30. The van der Waals surface area contributed by atoms with E-state index in [0.29, 0.717) is 6.54 Å². The Hall–Kier alpha value is -2.92. The number of carbonyl (C=O) groups excluding carboxylic acids is 1. The molecule has 0 spiro atoms. The van der Waals surface area contributed by atoms with Gasteiger partial charge in [-0.2, -0.15) is 5.10 Å². The standard InChI is InChI=1S/C23H26N4O/c1-16-8-10-20(11-9-16)27-15-19(14-26-12-4-7-21(26)23(24)28)22(25-27)18-6-3-5-17(2)13-18/h3,5-6,8-11,13,15,21H,4,7,12,14H2,1-2H3,(H2,24,28)/t21-/m0/s1. The second-order valence-corrected chi connectivity index (χ2v) is 7.68. The summed E-state index contributed by atoms with van der Waals surface area (Å²) in [6.45, 7) is 5.72. The number of aromatic nitrogens is 2. The third-order valence-electron chi connectivity index (χ3n) is 5.45. The van der Waals surface area contributed by atoms with E-state index in [2.05, 4.69) is 73.5 Å². The Morgan fingerprint density at radius 2 is 1.93 bits per heavy atom. The van der Waals surface area contributed by atoms with Crippen LogP contribution in [0.15, 0.2) is 54.7 Å². The molecule has 3 aromatic rings. The van der Waals surface area contributed by atoms with Crippen molar-refractivity contribution in [3.8, 4) is 16.9 Å². The lowest BCUT2D eigenvalue weighted by Crippen LogP contribution is -2.39. The minimum Gasteiger partial charge on any atom is -0.368 e. The van der Waals surface area contributed by atoms with Gasteiger partial charge in [0.25, 0.3) is 0 Å². The fourth-order valence-electron chi connectivity index (χ4n) is 3.95.